The first-order chi connectivity index (χ1) is 15.1. The number of nitrogens with zero attached hydrogens (tertiary/aromatic N) is 4. The van der Waals surface area contributed by atoms with Gasteiger partial charge in [0.05, 0.1) is 15.7 Å². The van der Waals surface area contributed by atoms with Crippen molar-refractivity contribution in [1.29, 1.82) is 0 Å². The number of carbonyl (C=O) groups excluding carboxylic acids is 1. The van der Waals surface area contributed by atoms with Crippen LogP contribution in [0.1, 0.15) is 33.6 Å². The maximum atomic E-state index is 12.6. The average molecular weight is 476 g/mol. The monoisotopic (exact) mass is 475 g/mol. The lowest BCUT2D eigenvalue weighted by atomic mass is 9.98. The minimum absolute atomic E-state index is 0.202. The fourth-order valence-electron chi connectivity index (χ4n) is 4.15. The Bertz CT molecular complexity index is 1130. The molecule has 1 amide bonds. The van der Waals surface area contributed by atoms with Crippen molar-refractivity contribution in [1.82, 2.24) is 19.4 Å². The van der Waals surface area contributed by atoms with Gasteiger partial charge in [-0.05, 0) is 57.7 Å². The molecule has 0 aliphatic carbocycles. The molecule has 1 aromatic carbocycles. The van der Waals surface area contributed by atoms with Gasteiger partial charge >= 0.3 is 6.09 Å². The number of carbonyl (C=O) groups is 1. The van der Waals surface area contributed by atoms with Crippen molar-refractivity contribution in [3.8, 4) is 11.3 Å². The van der Waals surface area contributed by atoms with Gasteiger partial charge in [0.15, 0.2) is 0 Å². The van der Waals surface area contributed by atoms with Crippen LogP contribution in [0.25, 0.3) is 22.3 Å². The summed E-state index contributed by atoms with van der Waals surface area (Å²) in [6, 6.07) is 7.43. The smallest absolute Gasteiger partial charge is 0.410 e. The molecule has 1 aliphatic rings. The van der Waals surface area contributed by atoms with Crippen LogP contribution in [0.15, 0.2) is 30.5 Å². The van der Waals surface area contributed by atoms with Crippen LogP contribution in [0.3, 0.4) is 0 Å². The van der Waals surface area contributed by atoms with E-state index in [-0.39, 0.29) is 18.0 Å². The number of rotatable bonds is 3. The SMILES string of the molecule is CC(C)(C)OC(=O)N1CCCC(Cn2c(-c3c(Cl)cccc3Cl)cc3cnc(N)nc32)C1. The number of nitrogen functional groups attached to an aromatic ring is 1. The van der Waals surface area contributed by atoms with E-state index in [9.17, 15) is 4.79 Å². The zero-order chi connectivity index (χ0) is 23.0. The van der Waals surface area contributed by atoms with Gasteiger partial charge in [-0.1, -0.05) is 29.3 Å². The number of ether oxygens (including phenoxy) is 1. The van der Waals surface area contributed by atoms with E-state index < -0.39 is 5.60 Å². The fraction of sp³-hybridized carbons (Fsp3) is 0.435. The standard InChI is InChI=1S/C23H27Cl2N5O2/c1-23(2,3)32-22(31)29-9-5-6-14(12-29)13-30-18(19-16(24)7-4-8-17(19)25)10-15-11-27-21(26)28-20(15)30/h4,7-8,10-11,14H,5-6,9,12-13H2,1-3H3,(H2,26,27,28). The molecule has 0 radical (unpaired) electrons. The van der Waals surface area contributed by atoms with E-state index in [1.54, 1.807) is 11.1 Å². The molecule has 0 spiro atoms. The average Bonchev–Trinajstić information content (AvgIpc) is 3.04. The van der Waals surface area contributed by atoms with Gasteiger partial charge in [-0.15, -0.1) is 0 Å². The number of amides is 1. The number of benzene rings is 1. The lowest BCUT2D eigenvalue weighted by Crippen LogP contribution is -2.43. The molecule has 2 aromatic heterocycles. The predicted octanol–water partition coefficient (Wildman–Crippen LogP) is 5.63. The van der Waals surface area contributed by atoms with Gasteiger partial charge in [-0.2, -0.15) is 4.98 Å². The van der Waals surface area contributed by atoms with Gasteiger partial charge in [0.1, 0.15) is 11.2 Å². The van der Waals surface area contributed by atoms with E-state index in [4.69, 9.17) is 33.7 Å². The van der Waals surface area contributed by atoms with Gasteiger partial charge in [-0.25, -0.2) is 9.78 Å². The summed E-state index contributed by atoms with van der Waals surface area (Å²) in [5.74, 6) is 0.413. The Morgan fingerprint density at radius 1 is 1.28 bits per heavy atom. The molecule has 1 aliphatic heterocycles. The predicted molar refractivity (Wildman–Crippen MR) is 128 cm³/mol. The highest BCUT2D eigenvalue weighted by Gasteiger charge is 2.29. The number of hydrogen-bond donors (Lipinski definition) is 1. The lowest BCUT2D eigenvalue weighted by molar-refractivity contribution is 0.0158. The summed E-state index contributed by atoms with van der Waals surface area (Å²) in [6.45, 7) is 7.56. The highest BCUT2D eigenvalue weighted by atomic mass is 35.5. The summed E-state index contributed by atoms with van der Waals surface area (Å²) in [4.78, 5) is 23.0. The molecule has 3 heterocycles. The minimum Gasteiger partial charge on any atom is -0.444 e. The van der Waals surface area contributed by atoms with Gasteiger partial charge < -0.3 is 19.9 Å². The molecule has 7 nitrogen and oxygen atoms in total. The topological polar surface area (TPSA) is 86.3 Å². The zero-order valence-corrected chi connectivity index (χ0v) is 20.0. The Balaban J connectivity index is 1.69. The molecule has 9 heteroatoms. The molecule has 1 fully saturated rings. The third-order valence-electron chi connectivity index (χ3n) is 5.48. The molecular formula is C23H27Cl2N5O2. The zero-order valence-electron chi connectivity index (χ0n) is 18.4. The Kier molecular flexibility index (Phi) is 6.23. The minimum atomic E-state index is -0.525. The first kappa shape index (κ1) is 22.7. The Morgan fingerprint density at radius 3 is 2.69 bits per heavy atom. The van der Waals surface area contributed by atoms with Crippen LogP contribution in [-0.4, -0.2) is 44.2 Å². The van der Waals surface area contributed by atoms with Crippen molar-refractivity contribution >= 4 is 46.3 Å². The van der Waals surface area contributed by atoms with Crippen LogP contribution in [0.5, 0.6) is 0 Å². The van der Waals surface area contributed by atoms with E-state index in [2.05, 4.69) is 14.5 Å². The van der Waals surface area contributed by atoms with E-state index in [0.29, 0.717) is 29.7 Å². The number of aromatic nitrogens is 3. The summed E-state index contributed by atoms with van der Waals surface area (Å²) in [6.07, 6.45) is 3.31. The summed E-state index contributed by atoms with van der Waals surface area (Å²) in [5, 5.41) is 1.97. The quantitative estimate of drug-likeness (QED) is 0.529. The maximum Gasteiger partial charge on any atom is 0.410 e. The molecule has 1 saturated heterocycles. The second-order valence-corrected chi connectivity index (χ2v) is 9.99. The molecule has 170 valence electrons. The van der Waals surface area contributed by atoms with E-state index in [0.717, 1.165) is 35.1 Å². The number of anilines is 1. The molecule has 1 atom stereocenters. The van der Waals surface area contributed by atoms with Crippen molar-refractivity contribution in [3.05, 3.63) is 40.5 Å². The van der Waals surface area contributed by atoms with Crippen molar-refractivity contribution in [2.24, 2.45) is 5.92 Å². The van der Waals surface area contributed by atoms with Gasteiger partial charge in [0, 0.05) is 36.8 Å². The van der Waals surface area contributed by atoms with Crippen molar-refractivity contribution in [2.75, 3.05) is 18.8 Å². The van der Waals surface area contributed by atoms with E-state index >= 15 is 0 Å². The van der Waals surface area contributed by atoms with E-state index in [1.165, 1.54) is 0 Å². The number of fused-ring (bicyclic) bond motifs is 1. The second kappa shape index (κ2) is 8.79. The Hall–Kier alpha value is -2.51. The molecular weight excluding hydrogens is 449 g/mol. The molecule has 0 saturated carbocycles. The molecule has 32 heavy (non-hydrogen) atoms. The van der Waals surface area contributed by atoms with Crippen molar-refractivity contribution in [2.45, 2.75) is 45.8 Å². The maximum absolute atomic E-state index is 12.6. The first-order valence-corrected chi connectivity index (χ1v) is 11.4. The number of likely N-dealkylation sites (tertiary alicyclic amines) is 1. The normalized spacial score (nSPS) is 17.0. The van der Waals surface area contributed by atoms with Crippen LogP contribution < -0.4 is 5.73 Å². The number of piperidine rings is 1. The molecule has 1 unspecified atom stereocenters. The van der Waals surface area contributed by atoms with E-state index in [1.807, 2.05) is 45.0 Å². The highest BCUT2D eigenvalue weighted by Crippen LogP contribution is 2.38. The highest BCUT2D eigenvalue weighted by molar-refractivity contribution is 6.39. The summed E-state index contributed by atoms with van der Waals surface area (Å²) in [5.41, 5.74) is 7.69. The van der Waals surface area contributed by atoms with Gasteiger partial charge in [-0.3, -0.25) is 0 Å². The molecule has 4 rings (SSSR count). The number of hydrogen-bond acceptors (Lipinski definition) is 5. The number of nitrogens with two attached hydrogens (primary N) is 1. The van der Waals surface area contributed by atoms with Gasteiger partial charge in [0.2, 0.25) is 5.95 Å². The second-order valence-electron chi connectivity index (χ2n) is 9.18. The van der Waals surface area contributed by atoms with Crippen LogP contribution in [0, 0.1) is 5.92 Å². The van der Waals surface area contributed by atoms with Crippen LogP contribution >= 0.6 is 23.2 Å². The Morgan fingerprint density at radius 2 is 2.00 bits per heavy atom. The summed E-state index contributed by atoms with van der Waals surface area (Å²) in [7, 11) is 0. The fourth-order valence-corrected chi connectivity index (χ4v) is 4.74. The van der Waals surface area contributed by atoms with Crippen LogP contribution in [0.2, 0.25) is 10.0 Å². The number of halogens is 2. The molecule has 0 bridgehead atoms. The van der Waals surface area contributed by atoms with Crippen molar-refractivity contribution in [3.63, 3.8) is 0 Å². The molecule has 3 aromatic rings. The third kappa shape index (κ3) is 4.79. The lowest BCUT2D eigenvalue weighted by Gasteiger charge is -2.34. The Labute approximate surface area is 197 Å². The van der Waals surface area contributed by atoms with Gasteiger partial charge in [0.25, 0.3) is 0 Å². The molecule has 2 N–H and O–H groups in total. The van der Waals surface area contributed by atoms with Crippen LogP contribution in [-0.2, 0) is 11.3 Å². The third-order valence-corrected chi connectivity index (χ3v) is 6.11. The van der Waals surface area contributed by atoms with Crippen molar-refractivity contribution < 1.29 is 9.53 Å². The summed E-state index contributed by atoms with van der Waals surface area (Å²) < 4.78 is 7.67. The first-order valence-electron chi connectivity index (χ1n) is 10.7. The van der Waals surface area contributed by atoms with Crippen LogP contribution in [0.4, 0.5) is 10.7 Å². The summed E-state index contributed by atoms with van der Waals surface area (Å²) >= 11 is 13.1. The largest absolute Gasteiger partial charge is 0.444 e.